The molecule has 0 saturated carbocycles. The molecule has 0 aliphatic carbocycles. The number of aromatic nitrogens is 2. The predicted octanol–water partition coefficient (Wildman–Crippen LogP) is 4.03. The first-order valence-corrected chi connectivity index (χ1v) is 14.7. The average Bonchev–Trinajstić information content (AvgIpc) is 2.91. The number of methoxy groups -OCH3 is 1. The molecule has 1 aromatic carbocycles. The highest BCUT2D eigenvalue weighted by Gasteiger charge is 2.22. The molecule has 210 valence electrons. The first kappa shape index (κ1) is 30.0. The molecule has 1 unspecified atom stereocenters. The van der Waals surface area contributed by atoms with Crippen LogP contribution in [-0.4, -0.2) is 82.9 Å². The number of anilines is 2. The topological polar surface area (TPSA) is 90.9 Å². The highest BCUT2D eigenvalue weighted by molar-refractivity contribution is 7.82. The van der Waals surface area contributed by atoms with Crippen LogP contribution in [0.1, 0.15) is 50.7 Å². The number of carbonyl (C=O) groups excluding carboxylic acids is 1. The first-order valence-electron chi connectivity index (χ1n) is 13.6. The second kappa shape index (κ2) is 14.6. The van der Waals surface area contributed by atoms with Crippen LogP contribution in [0.2, 0.25) is 0 Å². The fraction of sp³-hybridized carbons (Fsp3) is 0.607. The van der Waals surface area contributed by atoms with E-state index >= 15 is 0 Å². The Hall–Kier alpha value is -2.56. The molecule has 1 amide bonds. The molecular weight excluding hydrogens is 500 g/mol. The van der Waals surface area contributed by atoms with Crippen LogP contribution < -0.4 is 15.0 Å². The predicted molar refractivity (Wildman–Crippen MR) is 154 cm³/mol. The smallest absolute Gasteiger partial charge is 0.226 e. The highest BCUT2D eigenvalue weighted by Crippen LogP contribution is 2.26. The minimum atomic E-state index is -1.38. The van der Waals surface area contributed by atoms with Crippen LogP contribution in [0.5, 0.6) is 5.75 Å². The van der Waals surface area contributed by atoms with E-state index in [-0.39, 0.29) is 12.3 Å². The molecule has 1 atom stereocenters. The zero-order valence-corrected chi connectivity index (χ0v) is 24.6. The molecule has 1 fully saturated rings. The van der Waals surface area contributed by atoms with E-state index in [1.807, 2.05) is 32.0 Å². The van der Waals surface area contributed by atoms with Crippen molar-refractivity contribution in [3.8, 4) is 5.75 Å². The van der Waals surface area contributed by atoms with Gasteiger partial charge in [-0.2, -0.15) is 0 Å². The molecular formula is C28H44N6O3S. The third-order valence-corrected chi connectivity index (χ3v) is 8.88. The Kier molecular flexibility index (Phi) is 11.5. The zero-order valence-electron chi connectivity index (χ0n) is 23.8. The maximum atomic E-state index is 13.1. The van der Waals surface area contributed by atoms with E-state index < -0.39 is 11.0 Å². The van der Waals surface area contributed by atoms with Crippen molar-refractivity contribution in [2.45, 2.75) is 58.3 Å². The summed E-state index contributed by atoms with van der Waals surface area (Å²) in [7, 11) is 2.00. The van der Waals surface area contributed by atoms with Gasteiger partial charge in [-0.15, -0.1) is 10.2 Å². The molecule has 2 aromatic rings. The number of hydrogen-bond donors (Lipinski definition) is 1. The summed E-state index contributed by atoms with van der Waals surface area (Å²) in [5.41, 5.74) is 1.80. The van der Waals surface area contributed by atoms with E-state index in [9.17, 15) is 9.00 Å². The van der Waals surface area contributed by atoms with E-state index in [1.54, 1.807) is 24.5 Å². The molecule has 1 saturated heterocycles. The molecule has 1 aromatic heterocycles. The molecule has 0 spiro atoms. The number of amides is 1. The lowest BCUT2D eigenvalue weighted by Crippen LogP contribution is -2.39. The minimum absolute atomic E-state index is 0.188. The quantitative estimate of drug-likeness (QED) is 0.407. The molecule has 3 rings (SSSR count). The maximum Gasteiger partial charge on any atom is 0.226 e. The Labute approximate surface area is 230 Å². The van der Waals surface area contributed by atoms with Crippen molar-refractivity contribution in [2.24, 2.45) is 5.92 Å². The first-order chi connectivity index (χ1) is 18.2. The second-order valence-corrected chi connectivity index (χ2v) is 11.6. The van der Waals surface area contributed by atoms with Crippen LogP contribution in [-0.2, 0) is 15.8 Å². The summed E-state index contributed by atoms with van der Waals surface area (Å²) in [5, 5.41) is 11.4. The van der Waals surface area contributed by atoms with Crippen LogP contribution in [0, 0.1) is 19.8 Å². The van der Waals surface area contributed by atoms with Gasteiger partial charge in [-0.1, -0.05) is 13.8 Å². The van der Waals surface area contributed by atoms with Crippen LogP contribution in [0.3, 0.4) is 0 Å². The summed E-state index contributed by atoms with van der Waals surface area (Å²) < 4.78 is 20.1. The van der Waals surface area contributed by atoms with Crippen LogP contribution in [0.15, 0.2) is 29.2 Å². The highest BCUT2D eigenvalue weighted by atomic mass is 32.2. The van der Waals surface area contributed by atoms with Crippen molar-refractivity contribution >= 4 is 28.5 Å². The number of rotatable bonds is 13. The number of piperidine rings is 1. The lowest BCUT2D eigenvalue weighted by atomic mass is 9.96. The largest absolute Gasteiger partial charge is 0.497 e. The number of benzene rings is 1. The van der Waals surface area contributed by atoms with E-state index in [1.165, 1.54) is 19.5 Å². The van der Waals surface area contributed by atoms with Crippen molar-refractivity contribution < 1.29 is 13.7 Å². The van der Waals surface area contributed by atoms with Crippen LogP contribution in [0.25, 0.3) is 0 Å². The lowest BCUT2D eigenvalue weighted by molar-refractivity contribution is -0.116. The lowest BCUT2D eigenvalue weighted by Gasteiger charge is -2.35. The monoisotopic (exact) mass is 544 g/mol. The van der Waals surface area contributed by atoms with Crippen molar-refractivity contribution in [1.82, 2.24) is 19.4 Å². The summed E-state index contributed by atoms with van der Waals surface area (Å²) in [6.07, 6.45) is 3.71. The van der Waals surface area contributed by atoms with E-state index in [0.29, 0.717) is 12.4 Å². The summed E-state index contributed by atoms with van der Waals surface area (Å²) in [6.45, 7) is 14.1. The van der Waals surface area contributed by atoms with Gasteiger partial charge in [0.05, 0.1) is 12.0 Å². The molecule has 10 heteroatoms. The number of hydrogen-bond acceptors (Lipinski definition) is 7. The van der Waals surface area contributed by atoms with Gasteiger partial charge in [-0.05, 0) is 87.5 Å². The number of ether oxygens (including phenoxy) is 1. The standard InChI is InChI=1S/C28H44N6O3S/c1-7-14-33(8-2)20-23-11-16-34(17-12-23)26-10-9-25(30-31-26)29-27(35)13-15-32(5)38(36)28-21(3)18-24(37-6)19-22(28)4/h9-10,18-19,23H,7-8,11-17,20H2,1-6H3,(H,29,30,35). The molecule has 0 bridgehead atoms. The molecule has 2 heterocycles. The molecule has 1 aliphatic rings. The van der Waals surface area contributed by atoms with Gasteiger partial charge in [0, 0.05) is 39.6 Å². The van der Waals surface area contributed by atoms with Gasteiger partial charge in [-0.3, -0.25) is 4.79 Å². The maximum absolute atomic E-state index is 13.1. The number of aryl methyl sites for hydroxylation is 2. The fourth-order valence-corrected chi connectivity index (χ4v) is 6.21. The number of nitrogens with one attached hydrogen (secondary N) is 1. The zero-order chi connectivity index (χ0) is 27.7. The molecule has 38 heavy (non-hydrogen) atoms. The van der Waals surface area contributed by atoms with Crippen LogP contribution >= 0.6 is 0 Å². The minimum Gasteiger partial charge on any atom is -0.497 e. The second-order valence-electron chi connectivity index (χ2n) is 10.1. The number of nitrogens with zero attached hydrogens (tertiary/aromatic N) is 5. The molecule has 9 nitrogen and oxygen atoms in total. The Morgan fingerprint density at radius 2 is 1.82 bits per heavy atom. The average molecular weight is 545 g/mol. The Bertz CT molecular complexity index is 1050. The molecule has 1 aliphatic heterocycles. The van der Waals surface area contributed by atoms with Gasteiger partial charge < -0.3 is 19.9 Å². The van der Waals surface area contributed by atoms with E-state index in [2.05, 4.69) is 39.2 Å². The molecule has 0 radical (unpaired) electrons. The normalized spacial score (nSPS) is 15.2. The number of carbonyl (C=O) groups is 1. The van der Waals surface area contributed by atoms with Gasteiger partial charge in [0.1, 0.15) is 16.7 Å². The van der Waals surface area contributed by atoms with Gasteiger partial charge in [0.2, 0.25) is 5.91 Å². The Balaban J connectivity index is 1.46. The third kappa shape index (κ3) is 8.22. The third-order valence-electron chi connectivity index (χ3n) is 7.14. The Morgan fingerprint density at radius 1 is 1.13 bits per heavy atom. The van der Waals surface area contributed by atoms with Gasteiger partial charge >= 0.3 is 0 Å². The summed E-state index contributed by atoms with van der Waals surface area (Å²) in [5.74, 6) is 2.56. The fourth-order valence-electron chi connectivity index (χ4n) is 4.97. The van der Waals surface area contributed by atoms with E-state index in [0.717, 1.165) is 66.0 Å². The van der Waals surface area contributed by atoms with Gasteiger partial charge in [-0.25, -0.2) is 8.51 Å². The summed E-state index contributed by atoms with van der Waals surface area (Å²) in [4.78, 5) is 18.1. The Morgan fingerprint density at radius 3 is 2.37 bits per heavy atom. The van der Waals surface area contributed by atoms with Crippen molar-refractivity contribution in [3.05, 3.63) is 35.4 Å². The SMILES string of the molecule is CCCN(CC)CC1CCN(c2ccc(NC(=O)CCN(C)S(=O)c3c(C)cc(OC)cc3C)nn2)CC1. The van der Waals surface area contributed by atoms with Crippen molar-refractivity contribution in [2.75, 3.05) is 63.6 Å². The van der Waals surface area contributed by atoms with Crippen LogP contribution in [0.4, 0.5) is 11.6 Å². The van der Waals surface area contributed by atoms with Gasteiger partial charge in [0.15, 0.2) is 11.6 Å². The molecule has 1 N–H and O–H groups in total. The van der Waals surface area contributed by atoms with Gasteiger partial charge in [0.25, 0.3) is 0 Å². The summed E-state index contributed by atoms with van der Waals surface area (Å²) >= 11 is 0. The van der Waals surface area contributed by atoms with Crippen molar-refractivity contribution in [3.63, 3.8) is 0 Å². The van der Waals surface area contributed by atoms with Crippen molar-refractivity contribution in [1.29, 1.82) is 0 Å². The summed E-state index contributed by atoms with van der Waals surface area (Å²) in [6, 6.07) is 7.48. The van der Waals surface area contributed by atoms with E-state index in [4.69, 9.17) is 4.74 Å².